The van der Waals surface area contributed by atoms with E-state index in [1.165, 1.54) is 6.92 Å². The lowest BCUT2D eigenvalue weighted by molar-refractivity contribution is -0.387. The van der Waals surface area contributed by atoms with Crippen LogP contribution < -0.4 is 0 Å². The molecule has 6 nitrogen and oxygen atoms in total. The third-order valence-electron chi connectivity index (χ3n) is 1.85. The Hall–Kier alpha value is -2.19. The quantitative estimate of drug-likeness (QED) is 0.473. The van der Waals surface area contributed by atoms with Crippen LogP contribution in [0.25, 0.3) is 0 Å². The van der Waals surface area contributed by atoms with E-state index in [2.05, 4.69) is 9.72 Å². The van der Waals surface area contributed by atoms with Gasteiger partial charge in [0.15, 0.2) is 5.69 Å². The van der Waals surface area contributed by atoms with Gasteiger partial charge in [0.05, 0.1) is 11.5 Å². The zero-order chi connectivity index (χ0) is 13.9. The maximum atomic E-state index is 13.5. The van der Waals surface area contributed by atoms with Gasteiger partial charge in [-0.2, -0.15) is 4.39 Å². The van der Waals surface area contributed by atoms with Crippen molar-refractivity contribution in [1.29, 1.82) is 0 Å². The van der Waals surface area contributed by atoms with Crippen LogP contribution in [0.3, 0.4) is 0 Å². The second kappa shape index (κ2) is 5.43. The molecular formula is C9H7F3N2O4. The molecular weight excluding hydrogens is 257 g/mol. The predicted octanol–water partition coefficient (Wildman–Crippen LogP) is 2.24. The van der Waals surface area contributed by atoms with Crippen molar-refractivity contribution in [2.45, 2.75) is 13.3 Å². The fraction of sp³-hybridized carbons (Fsp3) is 0.333. The number of hydrogen-bond acceptors (Lipinski definition) is 5. The highest BCUT2D eigenvalue weighted by Gasteiger charge is 2.28. The molecule has 1 rings (SSSR count). The van der Waals surface area contributed by atoms with Gasteiger partial charge in [-0.1, -0.05) is 0 Å². The molecule has 0 atom stereocenters. The third kappa shape index (κ3) is 2.73. The SMILES string of the molecule is CCOC(=O)c1nc(C(F)F)cc([N+](=O)[O-])c1F. The van der Waals surface area contributed by atoms with Gasteiger partial charge in [-0.15, -0.1) is 0 Å². The highest BCUT2D eigenvalue weighted by molar-refractivity contribution is 5.88. The summed E-state index contributed by atoms with van der Waals surface area (Å²) in [4.78, 5) is 23.5. The van der Waals surface area contributed by atoms with Crippen molar-refractivity contribution >= 4 is 11.7 Å². The average molecular weight is 264 g/mol. The maximum Gasteiger partial charge on any atom is 0.360 e. The van der Waals surface area contributed by atoms with Gasteiger partial charge in [0.2, 0.25) is 5.82 Å². The van der Waals surface area contributed by atoms with E-state index in [1.807, 2.05) is 0 Å². The lowest BCUT2D eigenvalue weighted by atomic mass is 10.2. The van der Waals surface area contributed by atoms with Crippen LogP contribution in [0.2, 0.25) is 0 Å². The summed E-state index contributed by atoms with van der Waals surface area (Å²) < 4.78 is 42.7. The molecule has 0 saturated carbocycles. The molecule has 0 spiro atoms. The Morgan fingerprint density at radius 2 is 2.22 bits per heavy atom. The zero-order valence-electron chi connectivity index (χ0n) is 9.02. The van der Waals surface area contributed by atoms with Gasteiger partial charge in [0.1, 0.15) is 5.69 Å². The minimum Gasteiger partial charge on any atom is -0.461 e. The maximum absolute atomic E-state index is 13.5. The Morgan fingerprint density at radius 1 is 1.61 bits per heavy atom. The summed E-state index contributed by atoms with van der Waals surface area (Å²) in [5.41, 5.74) is -3.43. The van der Waals surface area contributed by atoms with E-state index >= 15 is 0 Å². The summed E-state index contributed by atoms with van der Waals surface area (Å²) in [7, 11) is 0. The van der Waals surface area contributed by atoms with Gasteiger partial charge >= 0.3 is 11.7 Å². The third-order valence-corrected chi connectivity index (χ3v) is 1.85. The Labute approximate surface area is 98.5 Å². The van der Waals surface area contributed by atoms with Gasteiger partial charge in [-0.05, 0) is 6.92 Å². The molecule has 98 valence electrons. The smallest absolute Gasteiger partial charge is 0.360 e. The number of aromatic nitrogens is 1. The number of rotatable bonds is 4. The molecule has 0 aliphatic rings. The van der Waals surface area contributed by atoms with E-state index in [1.54, 1.807) is 0 Å². The van der Waals surface area contributed by atoms with E-state index in [4.69, 9.17) is 0 Å². The highest BCUT2D eigenvalue weighted by Crippen LogP contribution is 2.26. The van der Waals surface area contributed by atoms with Crippen molar-refractivity contribution in [3.05, 3.63) is 33.4 Å². The van der Waals surface area contributed by atoms with Crippen LogP contribution in [0.5, 0.6) is 0 Å². The second-order valence-corrected chi connectivity index (χ2v) is 3.01. The summed E-state index contributed by atoms with van der Waals surface area (Å²) in [5, 5.41) is 10.5. The lowest BCUT2D eigenvalue weighted by Crippen LogP contribution is -2.13. The van der Waals surface area contributed by atoms with Crippen LogP contribution in [0, 0.1) is 15.9 Å². The fourth-order valence-corrected chi connectivity index (χ4v) is 1.11. The molecule has 0 aliphatic heterocycles. The molecule has 0 aliphatic carbocycles. The number of hydrogen-bond donors (Lipinski definition) is 0. The van der Waals surface area contributed by atoms with Crippen LogP contribution in [-0.2, 0) is 4.74 Å². The fourth-order valence-electron chi connectivity index (χ4n) is 1.11. The molecule has 0 radical (unpaired) electrons. The first-order chi connectivity index (χ1) is 8.38. The molecule has 0 amide bonds. The molecule has 9 heteroatoms. The number of carbonyl (C=O) groups excluding carboxylic acids is 1. The molecule has 0 unspecified atom stereocenters. The Morgan fingerprint density at radius 3 is 2.67 bits per heavy atom. The Kier molecular flexibility index (Phi) is 4.18. The van der Waals surface area contributed by atoms with Crippen molar-refractivity contribution in [2.24, 2.45) is 0 Å². The molecule has 0 saturated heterocycles. The summed E-state index contributed by atoms with van der Waals surface area (Å²) in [6.07, 6.45) is -3.17. The van der Waals surface area contributed by atoms with E-state index in [0.29, 0.717) is 0 Å². The molecule has 1 heterocycles. The van der Waals surface area contributed by atoms with Gasteiger partial charge in [-0.25, -0.2) is 18.6 Å². The van der Waals surface area contributed by atoms with E-state index in [0.717, 1.165) is 0 Å². The first-order valence-corrected chi connectivity index (χ1v) is 4.68. The summed E-state index contributed by atoms with van der Waals surface area (Å²) in [5.74, 6) is -2.93. The molecule has 18 heavy (non-hydrogen) atoms. The first-order valence-electron chi connectivity index (χ1n) is 4.68. The number of carbonyl (C=O) groups is 1. The van der Waals surface area contributed by atoms with E-state index in [-0.39, 0.29) is 12.7 Å². The monoisotopic (exact) mass is 264 g/mol. The standard InChI is InChI=1S/C9H7F3N2O4/c1-2-18-9(15)7-6(10)5(14(16)17)3-4(13-7)8(11)12/h3,8H,2H2,1H3. The average Bonchev–Trinajstić information content (AvgIpc) is 2.28. The second-order valence-electron chi connectivity index (χ2n) is 3.01. The van der Waals surface area contributed by atoms with Gasteiger partial charge in [-0.3, -0.25) is 10.1 Å². The number of halogens is 3. The van der Waals surface area contributed by atoms with Crippen molar-refractivity contribution in [2.75, 3.05) is 6.61 Å². The topological polar surface area (TPSA) is 82.3 Å². The normalized spacial score (nSPS) is 10.5. The summed E-state index contributed by atoms with van der Waals surface area (Å²) in [6.45, 7) is 1.26. The summed E-state index contributed by atoms with van der Waals surface area (Å²) in [6, 6.07) is 0.280. The molecule has 0 fully saturated rings. The van der Waals surface area contributed by atoms with Crippen molar-refractivity contribution < 1.29 is 27.6 Å². The number of nitrogens with zero attached hydrogens (tertiary/aromatic N) is 2. The number of nitro groups is 1. The minimum absolute atomic E-state index is 0.146. The summed E-state index contributed by atoms with van der Waals surface area (Å²) >= 11 is 0. The number of ether oxygens (including phenoxy) is 1. The van der Waals surface area contributed by atoms with E-state index in [9.17, 15) is 28.1 Å². The Balaban J connectivity index is 3.40. The minimum atomic E-state index is -3.17. The molecule has 1 aromatic heterocycles. The van der Waals surface area contributed by atoms with Gasteiger partial charge in [0, 0.05) is 6.07 Å². The zero-order valence-corrected chi connectivity index (χ0v) is 9.02. The van der Waals surface area contributed by atoms with Gasteiger partial charge < -0.3 is 4.74 Å². The largest absolute Gasteiger partial charge is 0.461 e. The number of esters is 1. The lowest BCUT2D eigenvalue weighted by Gasteiger charge is -2.05. The predicted molar refractivity (Wildman–Crippen MR) is 51.8 cm³/mol. The number of alkyl halides is 2. The van der Waals surface area contributed by atoms with Crippen molar-refractivity contribution in [1.82, 2.24) is 4.98 Å². The van der Waals surface area contributed by atoms with Crippen LogP contribution >= 0.6 is 0 Å². The van der Waals surface area contributed by atoms with Crippen LogP contribution in [-0.4, -0.2) is 22.5 Å². The van der Waals surface area contributed by atoms with Crippen LogP contribution in [0.1, 0.15) is 29.5 Å². The molecule has 1 aromatic rings. The number of pyridine rings is 1. The van der Waals surface area contributed by atoms with Gasteiger partial charge in [0.25, 0.3) is 6.43 Å². The van der Waals surface area contributed by atoms with Crippen molar-refractivity contribution in [3.63, 3.8) is 0 Å². The molecule has 0 aromatic carbocycles. The van der Waals surface area contributed by atoms with Crippen LogP contribution in [0.15, 0.2) is 6.07 Å². The van der Waals surface area contributed by atoms with E-state index < -0.39 is 40.2 Å². The highest BCUT2D eigenvalue weighted by atomic mass is 19.3. The Bertz CT molecular complexity index is 493. The first kappa shape index (κ1) is 13.9. The van der Waals surface area contributed by atoms with Crippen molar-refractivity contribution in [3.8, 4) is 0 Å². The van der Waals surface area contributed by atoms with Crippen LogP contribution in [0.4, 0.5) is 18.9 Å². The molecule has 0 N–H and O–H groups in total. The molecule has 0 bridgehead atoms.